The summed E-state index contributed by atoms with van der Waals surface area (Å²) >= 11 is 5.92. The van der Waals surface area contributed by atoms with Crippen LogP contribution in [0.1, 0.15) is 12.0 Å². The number of nitrogens with two attached hydrogens (primary N) is 1. The molecule has 0 aliphatic heterocycles. The molecule has 1 rings (SSSR count). The monoisotopic (exact) mass is 214 g/mol. The van der Waals surface area contributed by atoms with Gasteiger partial charge in [-0.2, -0.15) is 0 Å². The second-order valence-electron chi connectivity index (χ2n) is 3.06. The molecule has 4 N–H and O–H groups in total. The maximum Gasteiger partial charge on any atom is 0.121 e. The van der Waals surface area contributed by atoms with E-state index in [1.807, 2.05) is 0 Å². The highest BCUT2D eigenvalue weighted by Gasteiger charge is 2.04. The number of phenols is 1. The van der Waals surface area contributed by atoms with Gasteiger partial charge in [0, 0.05) is 17.1 Å². The molecular weight excluding hydrogens is 200 g/mol. The quantitative estimate of drug-likeness (QED) is 0.651. The lowest BCUT2D eigenvalue weighted by Gasteiger charge is -2.07. The van der Waals surface area contributed by atoms with E-state index in [0.29, 0.717) is 18.1 Å². The van der Waals surface area contributed by atoms with Gasteiger partial charge in [-0.3, -0.25) is 0 Å². The van der Waals surface area contributed by atoms with Crippen LogP contribution in [-0.4, -0.2) is 18.2 Å². The van der Waals surface area contributed by atoms with Crippen molar-refractivity contribution < 1.29 is 5.11 Å². The molecule has 0 aliphatic carbocycles. The number of phenolic OH excluding ortho intramolecular Hbond substituents is 1. The van der Waals surface area contributed by atoms with Gasteiger partial charge in [-0.15, -0.1) is 0 Å². The Morgan fingerprint density at radius 2 is 2.21 bits per heavy atom. The van der Waals surface area contributed by atoms with E-state index in [0.717, 1.165) is 18.5 Å². The van der Waals surface area contributed by atoms with Crippen LogP contribution in [0.25, 0.3) is 0 Å². The van der Waals surface area contributed by atoms with E-state index in [1.165, 1.54) is 0 Å². The third-order valence-electron chi connectivity index (χ3n) is 1.95. The van der Waals surface area contributed by atoms with Crippen molar-refractivity contribution in [3.8, 4) is 5.75 Å². The first-order chi connectivity index (χ1) is 6.75. The molecule has 3 nitrogen and oxygen atoms in total. The summed E-state index contributed by atoms with van der Waals surface area (Å²) < 4.78 is 0. The summed E-state index contributed by atoms with van der Waals surface area (Å²) in [5.74, 6) is 0.234. The molecule has 0 unspecified atom stereocenters. The lowest BCUT2D eigenvalue weighted by atomic mass is 10.2. The predicted molar refractivity (Wildman–Crippen MR) is 58.5 cm³/mol. The molecule has 0 radical (unpaired) electrons. The number of aromatic hydroxyl groups is 1. The van der Waals surface area contributed by atoms with Crippen LogP contribution < -0.4 is 11.1 Å². The minimum Gasteiger partial charge on any atom is -0.508 e. The van der Waals surface area contributed by atoms with Crippen LogP contribution >= 0.6 is 11.6 Å². The molecule has 0 saturated heterocycles. The third-order valence-corrected chi connectivity index (χ3v) is 2.31. The van der Waals surface area contributed by atoms with Crippen LogP contribution in [0.2, 0.25) is 5.02 Å². The van der Waals surface area contributed by atoms with E-state index in [4.69, 9.17) is 17.3 Å². The normalized spacial score (nSPS) is 10.4. The first-order valence-corrected chi connectivity index (χ1v) is 5.00. The average Bonchev–Trinajstić information content (AvgIpc) is 2.16. The topological polar surface area (TPSA) is 58.3 Å². The van der Waals surface area contributed by atoms with E-state index in [-0.39, 0.29) is 5.75 Å². The minimum atomic E-state index is 0.234. The summed E-state index contributed by atoms with van der Waals surface area (Å²) in [6.45, 7) is 2.08. The number of rotatable bonds is 5. The molecule has 0 aromatic heterocycles. The SMILES string of the molecule is NCCCNCc1c(O)cccc1Cl. The first-order valence-electron chi connectivity index (χ1n) is 4.63. The first kappa shape index (κ1) is 11.3. The van der Waals surface area contributed by atoms with Crippen LogP contribution in [0, 0.1) is 0 Å². The number of nitrogens with one attached hydrogen (secondary N) is 1. The fraction of sp³-hybridized carbons (Fsp3) is 0.400. The van der Waals surface area contributed by atoms with E-state index < -0.39 is 0 Å². The molecule has 0 atom stereocenters. The summed E-state index contributed by atoms with van der Waals surface area (Å²) in [6.07, 6.45) is 0.922. The van der Waals surface area contributed by atoms with Gasteiger partial charge in [0.15, 0.2) is 0 Å². The largest absolute Gasteiger partial charge is 0.508 e. The standard InChI is InChI=1S/C10H15ClN2O/c11-9-3-1-4-10(14)8(9)7-13-6-2-5-12/h1,3-4,13-14H,2,5-7,12H2. The van der Waals surface area contributed by atoms with Gasteiger partial charge in [0.1, 0.15) is 5.75 Å². The highest BCUT2D eigenvalue weighted by atomic mass is 35.5. The van der Waals surface area contributed by atoms with Gasteiger partial charge in [0.25, 0.3) is 0 Å². The van der Waals surface area contributed by atoms with Gasteiger partial charge < -0.3 is 16.2 Å². The van der Waals surface area contributed by atoms with Gasteiger partial charge in [-0.05, 0) is 31.6 Å². The Labute approximate surface area is 88.9 Å². The Bertz CT molecular complexity index is 271. The Balaban J connectivity index is 2.49. The smallest absolute Gasteiger partial charge is 0.121 e. The molecule has 0 fully saturated rings. The highest BCUT2D eigenvalue weighted by Crippen LogP contribution is 2.24. The molecule has 0 heterocycles. The van der Waals surface area contributed by atoms with Crippen molar-refractivity contribution in [1.29, 1.82) is 0 Å². The molecule has 0 spiro atoms. The number of hydrogen-bond acceptors (Lipinski definition) is 3. The molecule has 1 aromatic rings. The summed E-state index contributed by atoms with van der Waals surface area (Å²) in [5, 5.41) is 13.2. The second kappa shape index (κ2) is 5.86. The van der Waals surface area contributed by atoms with Gasteiger partial charge in [0.05, 0.1) is 0 Å². The van der Waals surface area contributed by atoms with Crippen molar-refractivity contribution >= 4 is 11.6 Å². The van der Waals surface area contributed by atoms with Crippen molar-refractivity contribution in [3.05, 3.63) is 28.8 Å². The molecule has 0 aliphatic rings. The number of halogens is 1. The third kappa shape index (κ3) is 3.18. The van der Waals surface area contributed by atoms with Crippen molar-refractivity contribution in [2.75, 3.05) is 13.1 Å². The number of benzene rings is 1. The van der Waals surface area contributed by atoms with Crippen LogP contribution in [0.15, 0.2) is 18.2 Å². The molecule has 78 valence electrons. The van der Waals surface area contributed by atoms with Gasteiger partial charge in [0.2, 0.25) is 0 Å². The maximum absolute atomic E-state index is 9.50. The lowest BCUT2D eigenvalue weighted by molar-refractivity contribution is 0.464. The fourth-order valence-electron chi connectivity index (χ4n) is 1.16. The highest BCUT2D eigenvalue weighted by molar-refractivity contribution is 6.31. The molecular formula is C10H15ClN2O. The molecule has 0 saturated carbocycles. The Morgan fingerprint density at radius 3 is 2.86 bits per heavy atom. The molecule has 1 aromatic carbocycles. The molecule has 0 bridgehead atoms. The molecule has 14 heavy (non-hydrogen) atoms. The predicted octanol–water partition coefficient (Wildman–Crippen LogP) is 1.48. The fourth-order valence-corrected chi connectivity index (χ4v) is 1.40. The zero-order chi connectivity index (χ0) is 10.4. The van der Waals surface area contributed by atoms with Crippen molar-refractivity contribution in [2.45, 2.75) is 13.0 Å². The van der Waals surface area contributed by atoms with Crippen molar-refractivity contribution in [3.63, 3.8) is 0 Å². The Hall–Kier alpha value is -0.770. The van der Waals surface area contributed by atoms with Crippen LogP contribution in [0.3, 0.4) is 0 Å². The van der Waals surface area contributed by atoms with E-state index in [9.17, 15) is 5.11 Å². The van der Waals surface area contributed by atoms with Gasteiger partial charge >= 0.3 is 0 Å². The van der Waals surface area contributed by atoms with Gasteiger partial charge in [-0.1, -0.05) is 17.7 Å². The van der Waals surface area contributed by atoms with Crippen LogP contribution in [-0.2, 0) is 6.54 Å². The van der Waals surface area contributed by atoms with E-state index >= 15 is 0 Å². The Kier molecular flexibility index (Phi) is 4.73. The van der Waals surface area contributed by atoms with Gasteiger partial charge in [-0.25, -0.2) is 0 Å². The van der Waals surface area contributed by atoms with E-state index in [2.05, 4.69) is 5.32 Å². The zero-order valence-corrected chi connectivity index (χ0v) is 8.72. The summed E-state index contributed by atoms with van der Waals surface area (Å²) in [5.41, 5.74) is 6.09. The lowest BCUT2D eigenvalue weighted by Crippen LogP contribution is -2.17. The second-order valence-corrected chi connectivity index (χ2v) is 3.46. The summed E-state index contributed by atoms with van der Waals surface area (Å²) in [6, 6.07) is 5.12. The molecule has 4 heteroatoms. The maximum atomic E-state index is 9.50. The van der Waals surface area contributed by atoms with Crippen LogP contribution in [0.4, 0.5) is 0 Å². The van der Waals surface area contributed by atoms with Crippen LogP contribution in [0.5, 0.6) is 5.75 Å². The summed E-state index contributed by atoms with van der Waals surface area (Å²) in [7, 11) is 0. The average molecular weight is 215 g/mol. The number of hydrogen-bond donors (Lipinski definition) is 3. The van der Waals surface area contributed by atoms with Crippen molar-refractivity contribution in [1.82, 2.24) is 5.32 Å². The Morgan fingerprint density at radius 1 is 1.43 bits per heavy atom. The minimum absolute atomic E-state index is 0.234. The van der Waals surface area contributed by atoms with E-state index in [1.54, 1.807) is 18.2 Å². The zero-order valence-electron chi connectivity index (χ0n) is 7.96. The summed E-state index contributed by atoms with van der Waals surface area (Å²) in [4.78, 5) is 0. The molecule has 0 amide bonds. The van der Waals surface area contributed by atoms with Crippen molar-refractivity contribution in [2.24, 2.45) is 5.73 Å².